The van der Waals surface area contributed by atoms with E-state index in [0.717, 1.165) is 25.7 Å². The smallest absolute Gasteiger partial charge is 0.251 e. The average molecular weight is 577 g/mol. The number of amides is 2. The molecule has 2 aliphatic rings. The highest BCUT2D eigenvalue weighted by Crippen LogP contribution is 2.23. The molecular weight excluding hydrogens is 540 g/mol. The van der Waals surface area contributed by atoms with E-state index in [4.69, 9.17) is 0 Å². The van der Waals surface area contributed by atoms with Crippen molar-refractivity contribution in [3.05, 3.63) is 59.7 Å². The quantitative estimate of drug-likeness (QED) is 0.447. The molecule has 2 aromatic carbocycles. The number of hydrogen-bond acceptors (Lipinski definition) is 6. The molecule has 2 fully saturated rings. The van der Waals surface area contributed by atoms with E-state index in [1.54, 1.807) is 24.3 Å². The molecule has 0 spiro atoms. The minimum absolute atomic E-state index is 0.0950. The Hall–Kier alpha value is -2.80. The second-order valence-corrected chi connectivity index (χ2v) is 14.7. The Morgan fingerprint density at radius 2 is 1.05 bits per heavy atom. The lowest BCUT2D eigenvalue weighted by Gasteiger charge is -2.25. The number of nitrogens with zero attached hydrogens (tertiary/aromatic N) is 2. The summed E-state index contributed by atoms with van der Waals surface area (Å²) in [5.41, 5.74) is -0.0543. The predicted octanol–water partition coefficient (Wildman–Crippen LogP) is 2.44. The summed E-state index contributed by atoms with van der Waals surface area (Å²) in [4.78, 5) is 25.8. The molecule has 2 aliphatic heterocycles. The van der Waals surface area contributed by atoms with Gasteiger partial charge in [-0.05, 0) is 67.5 Å². The number of benzene rings is 2. The summed E-state index contributed by atoms with van der Waals surface area (Å²) in [6, 6.07) is 12.0. The van der Waals surface area contributed by atoms with Crippen molar-refractivity contribution in [3.8, 4) is 0 Å². The van der Waals surface area contributed by atoms with E-state index in [0.29, 0.717) is 26.2 Å². The molecule has 0 atom stereocenters. The van der Waals surface area contributed by atoms with Crippen LogP contribution in [-0.4, -0.2) is 76.5 Å². The van der Waals surface area contributed by atoms with Crippen molar-refractivity contribution in [2.24, 2.45) is 5.41 Å². The van der Waals surface area contributed by atoms with Crippen LogP contribution in [0.5, 0.6) is 0 Å². The zero-order chi connectivity index (χ0) is 28.3. The summed E-state index contributed by atoms with van der Waals surface area (Å²) in [7, 11) is -7.27. The molecule has 10 nitrogen and oxygen atoms in total. The van der Waals surface area contributed by atoms with Crippen molar-refractivity contribution in [2.45, 2.75) is 49.3 Å². The molecule has 0 bridgehead atoms. The number of carbonyl (C=O) groups excluding carboxylic acids is 2. The van der Waals surface area contributed by atoms with E-state index < -0.39 is 37.3 Å². The van der Waals surface area contributed by atoms with E-state index in [1.165, 1.54) is 32.9 Å². The first-order valence-electron chi connectivity index (χ1n) is 13.2. The largest absolute Gasteiger partial charge is 0.351 e. The fourth-order valence-corrected chi connectivity index (χ4v) is 7.78. The highest BCUT2D eigenvalue weighted by atomic mass is 32.2. The van der Waals surface area contributed by atoms with Gasteiger partial charge in [-0.15, -0.1) is 0 Å². The lowest BCUT2D eigenvalue weighted by Crippen LogP contribution is -2.42. The number of sulfonamides is 2. The van der Waals surface area contributed by atoms with Gasteiger partial charge in [0.05, 0.1) is 9.79 Å². The molecule has 0 saturated carbocycles. The first kappa shape index (κ1) is 29.2. The maximum Gasteiger partial charge on any atom is 0.251 e. The van der Waals surface area contributed by atoms with E-state index in [-0.39, 0.29) is 34.0 Å². The van der Waals surface area contributed by atoms with Crippen molar-refractivity contribution in [1.29, 1.82) is 0 Å². The van der Waals surface area contributed by atoms with Gasteiger partial charge < -0.3 is 10.6 Å². The van der Waals surface area contributed by atoms with E-state index in [1.807, 2.05) is 13.8 Å². The molecule has 2 N–H and O–H groups in total. The number of nitrogens with one attached hydrogen (secondary N) is 2. The normalized spacial score (nSPS) is 17.3. The van der Waals surface area contributed by atoms with Crippen molar-refractivity contribution in [3.63, 3.8) is 0 Å². The van der Waals surface area contributed by atoms with Gasteiger partial charge in [0.2, 0.25) is 20.0 Å². The molecule has 212 valence electrons. The third-order valence-electron chi connectivity index (χ3n) is 7.05. The Balaban J connectivity index is 1.34. The lowest BCUT2D eigenvalue weighted by molar-refractivity contribution is 0.0919. The highest BCUT2D eigenvalue weighted by molar-refractivity contribution is 7.89. The first-order valence-corrected chi connectivity index (χ1v) is 16.1. The lowest BCUT2D eigenvalue weighted by atomic mass is 9.93. The van der Waals surface area contributed by atoms with Crippen molar-refractivity contribution >= 4 is 31.9 Å². The van der Waals surface area contributed by atoms with Gasteiger partial charge in [-0.1, -0.05) is 26.0 Å². The van der Waals surface area contributed by atoms with Gasteiger partial charge in [0.25, 0.3) is 11.8 Å². The zero-order valence-electron chi connectivity index (χ0n) is 22.4. The molecule has 0 aliphatic carbocycles. The van der Waals surface area contributed by atoms with Gasteiger partial charge in [-0.3, -0.25) is 9.59 Å². The maximum absolute atomic E-state index is 12.9. The Bertz CT molecular complexity index is 1320. The monoisotopic (exact) mass is 576 g/mol. The second-order valence-electron chi connectivity index (χ2n) is 10.8. The topological polar surface area (TPSA) is 133 Å². The number of carbonyl (C=O) groups is 2. The Labute approximate surface area is 230 Å². The van der Waals surface area contributed by atoms with Crippen molar-refractivity contribution in [1.82, 2.24) is 19.2 Å². The van der Waals surface area contributed by atoms with Crippen LogP contribution in [0.2, 0.25) is 0 Å². The minimum atomic E-state index is -3.63. The third kappa shape index (κ3) is 6.86. The van der Waals surface area contributed by atoms with Gasteiger partial charge in [-0.25, -0.2) is 16.8 Å². The summed E-state index contributed by atoms with van der Waals surface area (Å²) in [5, 5.41) is 5.66. The number of rotatable bonds is 10. The van der Waals surface area contributed by atoms with Crippen LogP contribution in [-0.2, 0) is 20.0 Å². The SMILES string of the molecule is CC(C)(CNC(=O)c1cccc(S(=O)(=O)N2CCCC2)c1)CNC(=O)c1cccc(S(=O)(=O)N2CCCC2)c1. The van der Waals surface area contributed by atoms with Gasteiger partial charge in [0.15, 0.2) is 0 Å². The van der Waals surface area contributed by atoms with Gasteiger partial charge >= 0.3 is 0 Å². The molecule has 39 heavy (non-hydrogen) atoms. The molecule has 2 heterocycles. The Morgan fingerprint density at radius 3 is 1.41 bits per heavy atom. The van der Waals surface area contributed by atoms with Crippen LogP contribution in [0.1, 0.15) is 60.2 Å². The second kappa shape index (κ2) is 11.7. The van der Waals surface area contributed by atoms with Gasteiger partial charge in [-0.2, -0.15) is 8.61 Å². The summed E-state index contributed by atoms with van der Waals surface area (Å²) in [5.74, 6) is -0.819. The van der Waals surface area contributed by atoms with Gasteiger partial charge in [0.1, 0.15) is 0 Å². The van der Waals surface area contributed by atoms with Gasteiger partial charge in [0, 0.05) is 50.4 Å². The molecule has 2 aromatic rings. The van der Waals surface area contributed by atoms with Crippen molar-refractivity contribution in [2.75, 3.05) is 39.3 Å². The Morgan fingerprint density at radius 1 is 0.692 bits per heavy atom. The van der Waals surface area contributed by atoms with Crippen LogP contribution < -0.4 is 10.6 Å². The van der Waals surface area contributed by atoms with E-state index >= 15 is 0 Å². The molecule has 0 aromatic heterocycles. The predicted molar refractivity (Wildman–Crippen MR) is 147 cm³/mol. The fraction of sp³-hybridized carbons (Fsp3) is 0.481. The summed E-state index contributed by atoms with van der Waals surface area (Å²) < 4.78 is 54.3. The summed E-state index contributed by atoms with van der Waals surface area (Å²) >= 11 is 0. The molecule has 2 amide bonds. The van der Waals surface area contributed by atoms with Crippen LogP contribution in [0.25, 0.3) is 0 Å². The zero-order valence-corrected chi connectivity index (χ0v) is 24.0. The summed E-state index contributed by atoms with van der Waals surface area (Å²) in [6.07, 6.45) is 3.31. The van der Waals surface area contributed by atoms with Crippen LogP contribution in [0.4, 0.5) is 0 Å². The minimum Gasteiger partial charge on any atom is -0.351 e. The third-order valence-corrected chi connectivity index (χ3v) is 10.8. The molecule has 2 saturated heterocycles. The molecule has 0 unspecified atom stereocenters. The molecule has 12 heteroatoms. The molecule has 4 rings (SSSR count). The van der Waals surface area contributed by atoms with E-state index in [9.17, 15) is 26.4 Å². The van der Waals surface area contributed by atoms with Crippen LogP contribution in [0, 0.1) is 5.41 Å². The van der Waals surface area contributed by atoms with E-state index in [2.05, 4.69) is 10.6 Å². The average Bonchev–Trinajstić information content (AvgIpc) is 3.66. The van der Waals surface area contributed by atoms with Crippen LogP contribution in [0.15, 0.2) is 58.3 Å². The molecular formula is C27H36N4O6S2. The van der Waals surface area contributed by atoms with Crippen LogP contribution >= 0.6 is 0 Å². The van der Waals surface area contributed by atoms with Crippen molar-refractivity contribution < 1.29 is 26.4 Å². The first-order chi connectivity index (χ1) is 18.4. The standard InChI is InChI=1S/C27H36N4O6S2/c1-27(2,19-28-25(32)21-9-7-11-23(17-21)38(34,35)30-13-3-4-14-30)20-29-26(33)22-10-8-12-24(18-22)39(36,37)31-15-5-6-16-31/h7-12,17-18H,3-6,13-16,19-20H2,1-2H3,(H,28,32)(H,29,33). The highest BCUT2D eigenvalue weighted by Gasteiger charge is 2.29. The number of hydrogen-bond donors (Lipinski definition) is 2. The molecule has 0 radical (unpaired) electrons. The Kier molecular flexibility index (Phi) is 8.79. The maximum atomic E-state index is 12.9. The van der Waals surface area contributed by atoms with Crippen LogP contribution in [0.3, 0.4) is 0 Å². The fourth-order valence-electron chi connectivity index (χ4n) is 4.66. The summed E-state index contributed by atoms with van der Waals surface area (Å²) in [6.45, 7) is 6.12.